The van der Waals surface area contributed by atoms with Crippen LogP contribution >= 0.6 is 0 Å². The van der Waals surface area contributed by atoms with Crippen molar-refractivity contribution in [3.8, 4) is 0 Å². The van der Waals surface area contributed by atoms with Crippen molar-refractivity contribution in [2.24, 2.45) is 5.41 Å². The number of methoxy groups -OCH3 is 1. The molecule has 86 valence electrons. The summed E-state index contributed by atoms with van der Waals surface area (Å²) >= 11 is 0. The van der Waals surface area contributed by atoms with Gasteiger partial charge in [-0.3, -0.25) is 14.4 Å². The second kappa shape index (κ2) is 5.48. The van der Waals surface area contributed by atoms with Gasteiger partial charge in [0.15, 0.2) is 0 Å². The Labute approximate surface area is 88.7 Å². The molecule has 1 unspecified atom stereocenters. The minimum Gasteiger partial charge on any atom is -0.469 e. The van der Waals surface area contributed by atoms with Gasteiger partial charge in [0, 0.05) is 0 Å². The molecule has 0 aliphatic carbocycles. The van der Waals surface area contributed by atoms with Crippen molar-refractivity contribution in [3.05, 3.63) is 0 Å². The lowest BCUT2D eigenvalue weighted by Crippen LogP contribution is -2.38. The topological polar surface area (TPSA) is 69.7 Å². The Hall–Kier alpha value is -1.39. The van der Waals surface area contributed by atoms with Crippen LogP contribution in [0.1, 0.15) is 27.2 Å². The van der Waals surface area contributed by atoms with E-state index in [9.17, 15) is 14.4 Å². The van der Waals surface area contributed by atoms with Crippen molar-refractivity contribution in [2.75, 3.05) is 13.7 Å². The molecule has 0 spiro atoms. The van der Waals surface area contributed by atoms with Gasteiger partial charge in [0.25, 0.3) is 0 Å². The smallest absolute Gasteiger partial charge is 0.319 e. The second-order valence-electron chi connectivity index (χ2n) is 3.36. The van der Waals surface area contributed by atoms with Crippen LogP contribution in [0.15, 0.2) is 0 Å². The number of ether oxygens (including phenoxy) is 2. The zero-order chi connectivity index (χ0) is 12.1. The number of ketones is 1. The largest absolute Gasteiger partial charge is 0.469 e. The summed E-state index contributed by atoms with van der Waals surface area (Å²) in [5.74, 6) is -1.71. The summed E-state index contributed by atoms with van der Waals surface area (Å²) in [4.78, 5) is 33.9. The molecular weight excluding hydrogens is 200 g/mol. The molecule has 0 heterocycles. The normalized spacial score (nSPS) is 13.9. The minimum atomic E-state index is -1.44. The lowest BCUT2D eigenvalue weighted by Gasteiger charge is -2.22. The highest BCUT2D eigenvalue weighted by atomic mass is 16.5. The Morgan fingerprint density at radius 2 is 1.80 bits per heavy atom. The van der Waals surface area contributed by atoms with Crippen molar-refractivity contribution in [2.45, 2.75) is 27.2 Å². The van der Waals surface area contributed by atoms with Crippen molar-refractivity contribution < 1.29 is 23.9 Å². The molecule has 0 amide bonds. The third-order valence-electron chi connectivity index (χ3n) is 2.23. The Kier molecular flexibility index (Phi) is 4.97. The van der Waals surface area contributed by atoms with E-state index in [1.807, 2.05) is 0 Å². The molecule has 0 saturated heterocycles. The van der Waals surface area contributed by atoms with Crippen molar-refractivity contribution in [1.82, 2.24) is 0 Å². The van der Waals surface area contributed by atoms with Gasteiger partial charge < -0.3 is 9.47 Å². The van der Waals surface area contributed by atoms with Crippen LogP contribution in [0, 0.1) is 5.41 Å². The molecule has 0 saturated carbocycles. The summed E-state index contributed by atoms with van der Waals surface area (Å²) in [6.45, 7) is 4.43. The molecule has 0 aliphatic rings. The summed E-state index contributed by atoms with van der Waals surface area (Å²) in [6.07, 6.45) is -0.294. The van der Waals surface area contributed by atoms with E-state index >= 15 is 0 Å². The van der Waals surface area contributed by atoms with E-state index in [0.717, 1.165) is 0 Å². The Bertz CT molecular complexity index is 271. The van der Waals surface area contributed by atoms with Crippen LogP contribution in [0.4, 0.5) is 0 Å². The van der Waals surface area contributed by atoms with E-state index < -0.39 is 23.1 Å². The Morgan fingerprint density at radius 3 is 2.13 bits per heavy atom. The molecule has 0 rings (SSSR count). The van der Waals surface area contributed by atoms with Gasteiger partial charge in [-0.1, -0.05) is 0 Å². The van der Waals surface area contributed by atoms with Crippen LogP contribution in [-0.2, 0) is 23.9 Å². The monoisotopic (exact) mass is 216 g/mol. The fourth-order valence-electron chi connectivity index (χ4n) is 0.992. The maximum Gasteiger partial charge on any atom is 0.319 e. The van der Waals surface area contributed by atoms with Crippen LogP contribution in [0.25, 0.3) is 0 Å². The molecule has 0 aromatic rings. The van der Waals surface area contributed by atoms with Crippen LogP contribution < -0.4 is 0 Å². The first-order chi connectivity index (χ1) is 6.88. The molecule has 0 bridgehead atoms. The van der Waals surface area contributed by atoms with Gasteiger partial charge >= 0.3 is 11.9 Å². The standard InChI is InChI=1S/C10H16O5/c1-5-15-9(13)10(3,7(2)11)6-8(12)14-4/h5-6H2,1-4H3. The van der Waals surface area contributed by atoms with Gasteiger partial charge in [-0.25, -0.2) is 0 Å². The number of hydrogen-bond acceptors (Lipinski definition) is 5. The average Bonchev–Trinajstić information content (AvgIpc) is 2.17. The Balaban J connectivity index is 4.81. The molecule has 0 aromatic carbocycles. The van der Waals surface area contributed by atoms with E-state index in [1.165, 1.54) is 21.0 Å². The zero-order valence-electron chi connectivity index (χ0n) is 9.46. The molecule has 15 heavy (non-hydrogen) atoms. The molecule has 5 heteroatoms. The third-order valence-corrected chi connectivity index (χ3v) is 2.23. The average molecular weight is 216 g/mol. The van der Waals surface area contributed by atoms with Crippen molar-refractivity contribution >= 4 is 17.7 Å². The van der Waals surface area contributed by atoms with Gasteiger partial charge in [0.2, 0.25) is 0 Å². The summed E-state index contributed by atoms with van der Waals surface area (Å²) in [5.41, 5.74) is -1.44. The summed E-state index contributed by atoms with van der Waals surface area (Å²) in [5, 5.41) is 0. The third kappa shape index (κ3) is 3.34. The quantitative estimate of drug-likeness (QED) is 0.500. The number of esters is 2. The fraction of sp³-hybridized carbons (Fsp3) is 0.700. The molecule has 0 N–H and O–H groups in total. The van der Waals surface area contributed by atoms with Crippen LogP contribution in [0.2, 0.25) is 0 Å². The summed E-state index contributed by atoms with van der Waals surface area (Å²) in [7, 11) is 1.20. The van der Waals surface area contributed by atoms with Crippen molar-refractivity contribution in [3.63, 3.8) is 0 Å². The zero-order valence-corrected chi connectivity index (χ0v) is 9.46. The van der Waals surface area contributed by atoms with Gasteiger partial charge in [0.1, 0.15) is 11.2 Å². The maximum absolute atomic E-state index is 11.5. The van der Waals surface area contributed by atoms with Crippen LogP contribution in [0.5, 0.6) is 0 Å². The SMILES string of the molecule is CCOC(=O)C(C)(CC(=O)OC)C(C)=O. The molecule has 0 aromatic heterocycles. The van der Waals surface area contributed by atoms with Gasteiger partial charge in [-0.15, -0.1) is 0 Å². The summed E-state index contributed by atoms with van der Waals surface area (Å²) in [6, 6.07) is 0. The predicted octanol–water partition coefficient (Wildman–Crippen LogP) is 0.708. The first-order valence-corrected chi connectivity index (χ1v) is 4.63. The summed E-state index contributed by atoms with van der Waals surface area (Å²) < 4.78 is 9.17. The predicted molar refractivity (Wildman–Crippen MR) is 52.1 cm³/mol. The lowest BCUT2D eigenvalue weighted by molar-refractivity contribution is -0.164. The highest BCUT2D eigenvalue weighted by Gasteiger charge is 2.42. The van der Waals surface area contributed by atoms with Gasteiger partial charge in [0.05, 0.1) is 20.1 Å². The van der Waals surface area contributed by atoms with E-state index in [0.29, 0.717) is 0 Å². The van der Waals surface area contributed by atoms with E-state index in [1.54, 1.807) is 6.92 Å². The number of rotatable bonds is 5. The van der Waals surface area contributed by atoms with Crippen LogP contribution in [-0.4, -0.2) is 31.4 Å². The molecule has 1 atom stereocenters. The Morgan fingerprint density at radius 1 is 1.27 bits per heavy atom. The molecule has 0 aliphatic heterocycles. The first-order valence-electron chi connectivity index (χ1n) is 4.63. The van der Waals surface area contributed by atoms with E-state index in [4.69, 9.17) is 4.74 Å². The minimum absolute atomic E-state index is 0.170. The van der Waals surface area contributed by atoms with Crippen LogP contribution in [0.3, 0.4) is 0 Å². The second-order valence-corrected chi connectivity index (χ2v) is 3.36. The molecule has 0 fully saturated rings. The number of hydrogen-bond donors (Lipinski definition) is 0. The highest BCUT2D eigenvalue weighted by Crippen LogP contribution is 2.25. The van der Waals surface area contributed by atoms with Crippen molar-refractivity contribution in [1.29, 1.82) is 0 Å². The molecular formula is C10H16O5. The molecule has 0 radical (unpaired) electrons. The molecule has 5 nitrogen and oxygen atoms in total. The van der Waals surface area contributed by atoms with E-state index in [-0.39, 0.29) is 13.0 Å². The van der Waals surface area contributed by atoms with Gasteiger partial charge in [-0.05, 0) is 20.8 Å². The van der Waals surface area contributed by atoms with Gasteiger partial charge in [-0.2, -0.15) is 0 Å². The highest BCUT2D eigenvalue weighted by molar-refractivity contribution is 6.04. The maximum atomic E-state index is 11.5. The number of carbonyl (C=O) groups is 3. The number of Topliss-reactive ketones (excluding diaryl/α,β-unsaturated/α-hetero) is 1. The first kappa shape index (κ1) is 13.6. The number of carbonyl (C=O) groups excluding carboxylic acids is 3. The van der Waals surface area contributed by atoms with E-state index in [2.05, 4.69) is 4.74 Å². The fourth-order valence-corrected chi connectivity index (χ4v) is 0.992. The lowest BCUT2D eigenvalue weighted by atomic mass is 9.83.